The fourth-order valence-corrected chi connectivity index (χ4v) is 4.57. The average molecular weight is 390 g/mol. The third kappa shape index (κ3) is 3.64. The van der Waals surface area contributed by atoms with E-state index >= 15 is 0 Å². The molecule has 30 heavy (non-hydrogen) atoms. The number of nitrogens with zero attached hydrogens (tertiary/aromatic N) is 1. The Morgan fingerprint density at radius 2 is 1.13 bits per heavy atom. The first kappa shape index (κ1) is 18.7. The maximum Gasteiger partial charge on any atom is 0.0408 e. The summed E-state index contributed by atoms with van der Waals surface area (Å²) in [5, 5.41) is 0. The van der Waals surface area contributed by atoms with E-state index in [0.29, 0.717) is 0 Å². The summed E-state index contributed by atoms with van der Waals surface area (Å²) in [6, 6.07) is 35.2. The molecule has 0 spiro atoms. The van der Waals surface area contributed by atoms with Crippen LogP contribution < -0.4 is 4.90 Å². The van der Waals surface area contributed by atoms with Gasteiger partial charge in [-0.3, -0.25) is 0 Å². The van der Waals surface area contributed by atoms with E-state index in [4.69, 9.17) is 0 Å². The Morgan fingerprint density at radius 3 is 1.87 bits per heavy atom. The molecule has 148 valence electrons. The molecule has 0 radical (unpaired) electrons. The summed E-state index contributed by atoms with van der Waals surface area (Å²) in [6.45, 7) is 0. The summed E-state index contributed by atoms with van der Waals surface area (Å²) in [4.78, 5) is 2.21. The van der Waals surface area contributed by atoms with Crippen LogP contribution in [0.2, 0.25) is 0 Å². The molecule has 0 amide bonds. The Morgan fingerprint density at radius 1 is 0.533 bits per heavy atom. The van der Waals surface area contributed by atoms with Crippen LogP contribution in [-0.2, 0) is 12.8 Å². The monoisotopic (exact) mass is 389 g/mol. The molecule has 1 nitrogen and oxygen atoms in total. The fraction of sp³-hybridized carbons (Fsp3) is 0.172. The molecule has 1 aliphatic rings. The van der Waals surface area contributed by atoms with Crippen molar-refractivity contribution in [3.8, 4) is 22.3 Å². The summed E-state index contributed by atoms with van der Waals surface area (Å²) >= 11 is 0. The highest BCUT2D eigenvalue weighted by atomic mass is 15.1. The molecule has 0 saturated carbocycles. The van der Waals surface area contributed by atoms with Crippen LogP contribution >= 0.6 is 0 Å². The second-order valence-electron chi connectivity index (χ2n) is 8.17. The molecule has 4 aromatic rings. The van der Waals surface area contributed by atoms with Crippen LogP contribution in [0, 0.1) is 0 Å². The van der Waals surface area contributed by atoms with E-state index in [9.17, 15) is 0 Å². The lowest BCUT2D eigenvalue weighted by atomic mass is 9.85. The van der Waals surface area contributed by atoms with Crippen molar-refractivity contribution in [2.24, 2.45) is 0 Å². The van der Waals surface area contributed by atoms with Crippen LogP contribution in [0.25, 0.3) is 22.3 Å². The molecule has 0 aliphatic heterocycles. The van der Waals surface area contributed by atoms with Gasteiger partial charge in [-0.05, 0) is 83.3 Å². The molecule has 0 N–H and O–H groups in total. The van der Waals surface area contributed by atoms with Crippen molar-refractivity contribution in [3.05, 3.63) is 108 Å². The van der Waals surface area contributed by atoms with E-state index in [0.717, 1.165) is 0 Å². The smallest absolute Gasteiger partial charge is 0.0408 e. The van der Waals surface area contributed by atoms with E-state index < -0.39 is 0 Å². The quantitative estimate of drug-likeness (QED) is 0.346. The van der Waals surface area contributed by atoms with Crippen molar-refractivity contribution in [2.75, 3.05) is 11.9 Å². The van der Waals surface area contributed by atoms with Crippen LogP contribution in [-0.4, -0.2) is 7.05 Å². The van der Waals surface area contributed by atoms with Crippen molar-refractivity contribution in [1.82, 2.24) is 0 Å². The Balaban J connectivity index is 1.39. The van der Waals surface area contributed by atoms with Gasteiger partial charge < -0.3 is 4.90 Å². The molecule has 0 bridgehead atoms. The van der Waals surface area contributed by atoms with Gasteiger partial charge >= 0.3 is 0 Å². The first-order chi connectivity index (χ1) is 14.8. The van der Waals surface area contributed by atoms with Crippen molar-refractivity contribution in [2.45, 2.75) is 25.7 Å². The third-order valence-electron chi connectivity index (χ3n) is 6.32. The van der Waals surface area contributed by atoms with Crippen molar-refractivity contribution < 1.29 is 0 Å². The molecule has 0 unspecified atom stereocenters. The van der Waals surface area contributed by atoms with Gasteiger partial charge in [-0.25, -0.2) is 0 Å². The van der Waals surface area contributed by atoms with E-state index in [1.165, 1.54) is 59.3 Å². The number of fused-ring (bicyclic) bond motifs is 1. The lowest BCUT2D eigenvalue weighted by Gasteiger charge is -2.20. The molecule has 1 heteroatoms. The molecule has 0 fully saturated rings. The largest absolute Gasteiger partial charge is 0.345 e. The van der Waals surface area contributed by atoms with E-state index in [2.05, 4.69) is 109 Å². The Hall–Kier alpha value is -3.32. The second-order valence-corrected chi connectivity index (χ2v) is 8.17. The molecule has 5 rings (SSSR count). The first-order valence-electron chi connectivity index (χ1n) is 10.9. The highest BCUT2D eigenvalue weighted by Crippen LogP contribution is 2.33. The number of aryl methyl sites for hydroxylation is 1. The van der Waals surface area contributed by atoms with E-state index in [1.807, 2.05) is 0 Å². The van der Waals surface area contributed by atoms with Crippen molar-refractivity contribution in [3.63, 3.8) is 0 Å². The fourth-order valence-electron chi connectivity index (χ4n) is 4.57. The van der Waals surface area contributed by atoms with Crippen LogP contribution in [0.3, 0.4) is 0 Å². The zero-order valence-corrected chi connectivity index (χ0v) is 17.5. The number of hydrogen-bond acceptors (Lipinski definition) is 1. The number of anilines is 2. The number of benzene rings is 4. The second kappa shape index (κ2) is 8.20. The Kier molecular flexibility index (Phi) is 5.11. The highest BCUT2D eigenvalue weighted by Gasteiger charge is 2.14. The van der Waals surface area contributed by atoms with Crippen LogP contribution in [0.1, 0.15) is 24.0 Å². The standard InChI is InChI=1S/C29H27N/c1-30(26-10-3-2-4-11-26)27-20-18-23(19-21-27)22-14-16-25(17-15-22)29-13-7-9-24-8-5-6-12-28(24)29/h2-4,7,9-11,13-21H,5-6,8,12H2,1H3. The first-order valence-corrected chi connectivity index (χ1v) is 10.9. The lowest BCUT2D eigenvalue weighted by molar-refractivity contribution is 0.687. The maximum atomic E-state index is 2.31. The summed E-state index contributed by atoms with van der Waals surface area (Å²) in [5.74, 6) is 0. The Bertz CT molecular complexity index is 1130. The van der Waals surface area contributed by atoms with Crippen LogP contribution in [0.4, 0.5) is 11.4 Å². The molecule has 0 heterocycles. The van der Waals surface area contributed by atoms with Gasteiger partial charge in [-0.2, -0.15) is 0 Å². The van der Waals surface area contributed by atoms with Gasteiger partial charge in [-0.1, -0.05) is 72.8 Å². The lowest BCUT2D eigenvalue weighted by Crippen LogP contribution is -2.08. The summed E-state index contributed by atoms with van der Waals surface area (Å²) in [5.41, 5.74) is 10.7. The number of para-hydroxylation sites is 1. The van der Waals surface area contributed by atoms with Gasteiger partial charge in [0.1, 0.15) is 0 Å². The molecular formula is C29H27N. The van der Waals surface area contributed by atoms with Crippen LogP contribution in [0.5, 0.6) is 0 Å². The van der Waals surface area contributed by atoms with Crippen LogP contribution in [0.15, 0.2) is 97.1 Å². The average Bonchev–Trinajstić information content (AvgIpc) is 2.84. The number of rotatable bonds is 4. The van der Waals surface area contributed by atoms with E-state index in [1.54, 1.807) is 11.1 Å². The highest BCUT2D eigenvalue weighted by molar-refractivity contribution is 5.74. The van der Waals surface area contributed by atoms with Gasteiger partial charge in [0, 0.05) is 18.4 Å². The summed E-state index contributed by atoms with van der Waals surface area (Å²) < 4.78 is 0. The normalized spacial score (nSPS) is 13.0. The summed E-state index contributed by atoms with van der Waals surface area (Å²) in [7, 11) is 2.11. The topological polar surface area (TPSA) is 3.24 Å². The zero-order valence-electron chi connectivity index (χ0n) is 17.5. The molecule has 1 aliphatic carbocycles. The van der Waals surface area contributed by atoms with E-state index in [-0.39, 0.29) is 0 Å². The molecule has 4 aromatic carbocycles. The van der Waals surface area contributed by atoms with Gasteiger partial charge in [0.25, 0.3) is 0 Å². The maximum absolute atomic E-state index is 2.31. The SMILES string of the molecule is CN(c1ccccc1)c1ccc(-c2ccc(-c3cccc4c3CCCC4)cc2)cc1. The third-order valence-corrected chi connectivity index (χ3v) is 6.32. The van der Waals surface area contributed by atoms with Crippen molar-refractivity contribution >= 4 is 11.4 Å². The zero-order chi connectivity index (χ0) is 20.3. The minimum absolute atomic E-state index is 1.19. The van der Waals surface area contributed by atoms with Gasteiger partial charge in [-0.15, -0.1) is 0 Å². The molecule has 0 saturated heterocycles. The Labute approximate surface area is 179 Å². The molecule has 0 aromatic heterocycles. The molecular weight excluding hydrogens is 362 g/mol. The van der Waals surface area contributed by atoms with Gasteiger partial charge in [0.05, 0.1) is 0 Å². The minimum Gasteiger partial charge on any atom is -0.345 e. The van der Waals surface area contributed by atoms with Gasteiger partial charge in [0.15, 0.2) is 0 Å². The summed E-state index contributed by atoms with van der Waals surface area (Å²) in [6.07, 6.45) is 5.07. The minimum atomic E-state index is 1.19. The predicted molar refractivity (Wildman–Crippen MR) is 128 cm³/mol. The predicted octanol–water partition coefficient (Wildman–Crippen LogP) is 7.67. The molecule has 0 atom stereocenters. The number of hydrogen-bond donors (Lipinski definition) is 0. The van der Waals surface area contributed by atoms with Gasteiger partial charge in [0.2, 0.25) is 0 Å². The van der Waals surface area contributed by atoms with Crippen molar-refractivity contribution in [1.29, 1.82) is 0 Å².